The molecule has 1 atom stereocenters. The molecule has 1 fully saturated rings. The molecule has 6 heteroatoms. The van der Waals surface area contributed by atoms with E-state index < -0.39 is 0 Å². The average Bonchev–Trinajstić information content (AvgIpc) is 2.65. The first-order chi connectivity index (χ1) is 8.61. The lowest BCUT2D eigenvalue weighted by Crippen LogP contribution is -2.45. The van der Waals surface area contributed by atoms with Crippen molar-refractivity contribution in [2.75, 3.05) is 6.54 Å². The molecule has 0 aliphatic carbocycles. The Morgan fingerprint density at radius 1 is 1.61 bits per heavy atom. The number of hydrogen-bond acceptors (Lipinski definition) is 3. The fourth-order valence-corrected chi connectivity index (χ4v) is 2.39. The van der Waals surface area contributed by atoms with Crippen LogP contribution < -0.4 is 10.6 Å². The molecule has 0 saturated carbocycles. The van der Waals surface area contributed by atoms with E-state index in [1.54, 1.807) is 0 Å². The maximum Gasteiger partial charge on any atom is 0.220 e. The second-order valence-corrected chi connectivity index (χ2v) is 4.96. The van der Waals surface area contributed by atoms with Crippen LogP contribution in [0.25, 0.3) is 0 Å². The van der Waals surface area contributed by atoms with Crippen LogP contribution in [-0.4, -0.2) is 28.3 Å². The van der Waals surface area contributed by atoms with Gasteiger partial charge in [0.05, 0.1) is 16.4 Å². The Morgan fingerprint density at radius 3 is 3.00 bits per heavy atom. The predicted molar refractivity (Wildman–Crippen MR) is 70.5 cm³/mol. The Hall–Kier alpha value is -1.07. The van der Waals surface area contributed by atoms with Crippen molar-refractivity contribution < 1.29 is 4.79 Å². The minimum absolute atomic E-state index is 0.139. The third-order valence-corrected chi connectivity index (χ3v) is 3.77. The van der Waals surface area contributed by atoms with E-state index in [4.69, 9.17) is 11.6 Å². The highest BCUT2D eigenvalue weighted by Gasteiger charge is 2.19. The zero-order chi connectivity index (χ0) is 13.1. The van der Waals surface area contributed by atoms with Crippen LogP contribution in [0.15, 0.2) is 0 Å². The molecule has 2 N–H and O–H groups in total. The maximum absolute atomic E-state index is 11.1. The van der Waals surface area contributed by atoms with Crippen LogP contribution in [0.2, 0.25) is 5.02 Å². The van der Waals surface area contributed by atoms with Crippen LogP contribution in [0.3, 0.4) is 0 Å². The fourth-order valence-electron chi connectivity index (χ4n) is 2.19. The summed E-state index contributed by atoms with van der Waals surface area (Å²) < 4.78 is 1.92. The van der Waals surface area contributed by atoms with E-state index in [9.17, 15) is 4.79 Å². The quantitative estimate of drug-likeness (QED) is 0.865. The van der Waals surface area contributed by atoms with Crippen LogP contribution in [0.4, 0.5) is 0 Å². The number of carbonyl (C=O) groups excluding carboxylic acids is 1. The van der Waals surface area contributed by atoms with E-state index in [0.29, 0.717) is 25.6 Å². The first-order valence-corrected chi connectivity index (χ1v) is 6.71. The Labute approximate surface area is 112 Å². The highest BCUT2D eigenvalue weighted by molar-refractivity contribution is 6.31. The summed E-state index contributed by atoms with van der Waals surface area (Å²) in [6.45, 7) is 6.15. The van der Waals surface area contributed by atoms with Gasteiger partial charge in [-0.25, -0.2) is 0 Å². The molecule has 1 aliphatic heterocycles. The zero-order valence-electron chi connectivity index (χ0n) is 10.8. The summed E-state index contributed by atoms with van der Waals surface area (Å²) in [4.78, 5) is 11.1. The maximum atomic E-state index is 11.1. The summed E-state index contributed by atoms with van der Waals surface area (Å²) in [5.41, 5.74) is 1.89. The standard InChI is InChI=1S/C12H19ClN4O/c1-3-17-10(12(13)8(2)16-17)7-14-9-4-5-11(18)15-6-9/h9,14H,3-7H2,1-2H3,(H,15,18). The molecule has 1 aromatic rings. The molecule has 0 radical (unpaired) electrons. The minimum Gasteiger partial charge on any atom is -0.355 e. The van der Waals surface area contributed by atoms with Gasteiger partial charge in [-0.05, 0) is 20.3 Å². The summed E-state index contributed by atoms with van der Waals surface area (Å²) in [7, 11) is 0. The van der Waals surface area contributed by atoms with Gasteiger partial charge in [0.1, 0.15) is 0 Å². The van der Waals surface area contributed by atoms with Crippen molar-refractivity contribution in [3.05, 3.63) is 16.4 Å². The first kappa shape index (κ1) is 13.4. The SMILES string of the molecule is CCn1nc(C)c(Cl)c1CNC1CCC(=O)NC1. The number of aryl methyl sites for hydroxylation is 2. The number of aromatic nitrogens is 2. The molecule has 1 saturated heterocycles. The van der Waals surface area contributed by atoms with Crippen LogP contribution in [0, 0.1) is 6.92 Å². The van der Waals surface area contributed by atoms with Crippen molar-refractivity contribution in [3.63, 3.8) is 0 Å². The van der Waals surface area contributed by atoms with Gasteiger partial charge in [0.2, 0.25) is 5.91 Å². The molecule has 18 heavy (non-hydrogen) atoms. The molecule has 5 nitrogen and oxygen atoms in total. The molecule has 0 spiro atoms. The van der Waals surface area contributed by atoms with Gasteiger partial charge in [-0.15, -0.1) is 0 Å². The van der Waals surface area contributed by atoms with E-state index >= 15 is 0 Å². The Morgan fingerprint density at radius 2 is 2.39 bits per heavy atom. The van der Waals surface area contributed by atoms with Crippen molar-refractivity contribution in [2.24, 2.45) is 0 Å². The van der Waals surface area contributed by atoms with Crippen molar-refractivity contribution in [3.8, 4) is 0 Å². The molecule has 0 aromatic carbocycles. The largest absolute Gasteiger partial charge is 0.355 e. The topological polar surface area (TPSA) is 59.0 Å². The van der Waals surface area contributed by atoms with E-state index in [-0.39, 0.29) is 5.91 Å². The molecule has 2 heterocycles. The molecular weight excluding hydrogens is 252 g/mol. The van der Waals surface area contributed by atoms with E-state index in [1.807, 2.05) is 18.5 Å². The number of piperidine rings is 1. The first-order valence-electron chi connectivity index (χ1n) is 6.33. The van der Waals surface area contributed by atoms with Crippen LogP contribution >= 0.6 is 11.6 Å². The summed E-state index contributed by atoms with van der Waals surface area (Å²) >= 11 is 6.24. The summed E-state index contributed by atoms with van der Waals surface area (Å²) in [6, 6.07) is 0.319. The summed E-state index contributed by atoms with van der Waals surface area (Å²) in [6.07, 6.45) is 1.47. The lowest BCUT2D eigenvalue weighted by molar-refractivity contribution is -0.122. The molecular formula is C12H19ClN4O. The second kappa shape index (κ2) is 5.71. The normalized spacial score (nSPS) is 19.9. The van der Waals surface area contributed by atoms with E-state index in [1.165, 1.54) is 0 Å². The number of amides is 1. The minimum atomic E-state index is 0.139. The van der Waals surface area contributed by atoms with Gasteiger partial charge in [-0.2, -0.15) is 5.10 Å². The molecule has 2 rings (SSSR count). The lowest BCUT2D eigenvalue weighted by Gasteiger charge is -2.23. The second-order valence-electron chi connectivity index (χ2n) is 4.58. The van der Waals surface area contributed by atoms with Crippen molar-refractivity contribution in [2.45, 2.75) is 45.8 Å². The van der Waals surface area contributed by atoms with Crippen molar-refractivity contribution in [1.82, 2.24) is 20.4 Å². The van der Waals surface area contributed by atoms with Crippen LogP contribution in [0.1, 0.15) is 31.2 Å². The smallest absolute Gasteiger partial charge is 0.220 e. The number of nitrogens with one attached hydrogen (secondary N) is 2. The van der Waals surface area contributed by atoms with Gasteiger partial charge >= 0.3 is 0 Å². The lowest BCUT2D eigenvalue weighted by atomic mass is 10.1. The molecule has 0 bridgehead atoms. The molecule has 1 aliphatic rings. The van der Waals surface area contributed by atoms with Gasteiger partial charge in [0, 0.05) is 32.1 Å². The van der Waals surface area contributed by atoms with E-state index in [0.717, 1.165) is 29.4 Å². The molecule has 1 amide bonds. The Kier molecular flexibility index (Phi) is 4.24. The predicted octanol–water partition coefficient (Wildman–Crippen LogP) is 1.23. The van der Waals surface area contributed by atoms with Crippen LogP contribution in [0.5, 0.6) is 0 Å². The number of nitrogens with zero attached hydrogens (tertiary/aromatic N) is 2. The van der Waals surface area contributed by atoms with Gasteiger partial charge < -0.3 is 10.6 Å². The van der Waals surface area contributed by atoms with E-state index in [2.05, 4.69) is 15.7 Å². The number of hydrogen-bond donors (Lipinski definition) is 2. The molecule has 1 aromatic heterocycles. The third kappa shape index (κ3) is 2.84. The highest BCUT2D eigenvalue weighted by atomic mass is 35.5. The van der Waals surface area contributed by atoms with Gasteiger partial charge in [-0.1, -0.05) is 11.6 Å². The fraction of sp³-hybridized carbons (Fsp3) is 0.667. The number of halogens is 1. The third-order valence-electron chi connectivity index (χ3n) is 3.28. The zero-order valence-corrected chi connectivity index (χ0v) is 11.5. The highest BCUT2D eigenvalue weighted by Crippen LogP contribution is 2.20. The van der Waals surface area contributed by atoms with Crippen LogP contribution in [-0.2, 0) is 17.9 Å². The summed E-state index contributed by atoms with van der Waals surface area (Å²) in [5, 5.41) is 11.4. The average molecular weight is 271 g/mol. The summed E-state index contributed by atoms with van der Waals surface area (Å²) in [5.74, 6) is 0.139. The number of carbonyl (C=O) groups is 1. The monoisotopic (exact) mass is 270 g/mol. The molecule has 1 unspecified atom stereocenters. The van der Waals surface area contributed by atoms with Gasteiger partial charge in [0.25, 0.3) is 0 Å². The Balaban J connectivity index is 1.95. The van der Waals surface area contributed by atoms with Crippen molar-refractivity contribution >= 4 is 17.5 Å². The van der Waals surface area contributed by atoms with Crippen molar-refractivity contribution in [1.29, 1.82) is 0 Å². The van der Waals surface area contributed by atoms with Gasteiger partial charge in [-0.3, -0.25) is 9.48 Å². The van der Waals surface area contributed by atoms with Gasteiger partial charge in [0.15, 0.2) is 0 Å². The Bertz CT molecular complexity index is 434. The number of rotatable bonds is 4. The molecule has 100 valence electrons.